The Morgan fingerprint density at radius 2 is 1.95 bits per heavy atom. The third-order valence-electron chi connectivity index (χ3n) is 3.23. The molecular weight excluding hydrogens is 295 g/mol. The number of hydrogen-bond donors (Lipinski definition) is 2. The summed E-state index contributed by atoms with van der Waals surface area (Å²) in [6.45, 7) is 7.45. The summed E-state index contributed by atoms with van der Waals surface area (Å²) in [5.74, 6) is -0.109. The van der Waals surface area contributed by atoms with Crippen LogP contribution in [0.15, 0.2) is 18.2 Å². The van der Waals surface area contributed by atoms with Crippen LogP contribution in [0.1, 0.15) is 39.3 Å². The fourth-order valence-electron chi connectivity index (χ4n) is 1.82. The van der Waals surface area contributed by atoms with Gasteiger partial charge in [-0.25, -0.2) is 4.39 Å². The van der Waals surface area contributed by atoms with E-state index in [1.807, 2.05) is 20.8 Å². The minimum atomic E-state index is -0.635. The largest absolute Gasteiger partial charge is 0.496 e. The van der Waals surface area contributed by atoms with Crippen LogP contribution in [0.5, 0.6) is 5.75 Å². The fourth-order valence-corrected chi connectivity index (χ4v) is 1.82. The van der Waals surface area contributed by atoms with Gasteiger partial charge in [-0.05, 0) is 30.5 Å². The molecule has 6 heteroatoms. The molecule has 0 aliphatic carbocycles. The summed E-state index contributed by atoms with van der Waals surface area (Å²) in [5, 5.41) is 2.79. The number of benzene rings is 1. The lowest BCUT2D eigenvalue weighted by Gasteiger charge is -2.27. The van der Waals surface area contributed by atoms with E-state index in [4.69, 9.17) is 10.5 Å². The van der Waals surface area contributed by atoms with E-state index in [0.29, 0.717) is 11.3 Å². The van der Waals surface area contributed by atoms with Crippen LogP contribution in [-0.2, 0) is 4.79 Å². The minimum absolute atomic E-state index is 0. The monoisotopic (exact) mass is 318 g/mol. The lowest BCUT2D eigenvalue weighted by atomic mass is 9.86. The summed E-state index contributed by atoms with van der Waals surface area (Å²) in [5.41, 5.74) is 6.15. The van der Waals surface area contributed by atoms with Gasteiger partial charge in [0.15, 0.2) is 0 Å². The zero-order chi connectivity index (χ0) is 15.5. The highest BCUT2D eigenvalue weighted by atomic mass is 35.5. The molecule has 1 aromatic rings. The van der Waals surface area contributed by atoms with Gasteiger partial charge in [-0.2, -0.15) is 0 Å². The molecule has 3 N–H and O–H groups in total. The molecule has 21 heavy (non-hydrogen) atoms. The van der Waals surface area contributed by atoms with E-state index < -0.39 is 6.04 Å². The third kappa shape index (κ3) is 5.17. The van der Waals surface area contributed by atoms with Gasteiger partial charge in [-0.15, -0.1) is 12.4 Å². The van der Waals surface area contributed by atoms with E-state index in [1.165, 1.54) is 25.3 Å². The van der Waals surface area contributed by atoms with Crippen LogP contribution >= 0.6 is 12.4 Å². The molecule has 4 nitrogen and oxygen atoms in total. The van der Waals surface area contributed by atoms with Crippen molar-refractivity contribution in [3.8, 4) is 5.75 Å². The van der Waals surface area contributed by atoms with E-state index in [2.05, 4.69) is 5.32 Å². The molecule has 1 amide bonds. The standard InChI is InChI=1S/C15H23FN2O2.ClH/c1-9(18-14(19)13(17)15(2,3)4)11-8-10(16)6-7-12(11)20-5;/h6-9,13H,17H2,1-5H3,(H,18,19);1H/t9?,13-;/m1./s1. The third-order valence-corrected chi connectivity index (χ3v) is 3.23. The van der Waals surface area contributed by atoms with Crippen molar-refractivity contribution in [1.82, 2.24) is 5.32 Å². The zero-order valence-electron chi connectivity index (χ0n) is 13.1. The van der Waals surface area contributed by atoms with Gasteiger partial charge in [-0.3, -0.25) is 4.79 Å². The molecule has 1 unspecified atom stereocenters. The van der Waals surface area contributed by atoms with Crippen LogP contribution in [0.2, 0.25) is 0 Å². The number of carbonyl (C=O) groups is 1. The Hall–Kier alpha value is -1.33. The smallest absolute Gasteiger partial charge is 0.237 e. The first-order valence-electron chi connectivity index (χ1n) is 6.56. The second kappa shape index (κ2) is 7.61. The Morgan fingerprint density at radius 1 is 1.38 bits per heavy atom. The summed E-state index contributed by atoms with van der Waals surface area (Å²) < 4.78 is 18.5. The van der Waals surface area contributed by atoms with Crippen molar-refractivity contribution in [2.75, 3.05) is 7.11 Å². The van der Waals surface area contributed by atoms with Gasteiger partial charge in [0.05, 0.1) is 19.2 Å². The Bertz CT molecular complexity index is 489. The van der Waals surface area contributed by atoms with E-state index in [-0.39, 0.29) is 35.6 Å². The summed E-state index contributed by atoms with van der Waals surface area (Å²) in [4.78, 5) is 12.1. The predicted molar refractivity (Wildman–Crippen MR) is 84.2 cm³/mol. The van der Waals surface area contributed by atoms with Crippen molar-refractivity contribution >= 4 is 18.3 Å². The SMILES string of the molecule is COc1ccc(F)cc1C(C)NC(=O)[C@@H](N)C(C)(C)C.Cl. The molecule has 0 radical (unpaired) electrons. The molecule has 2 atom stereocenters. The number of nitrogens with one attached hydrogen (secondary N) is 1. The molecule has 0 spiro atoms. The van der Waals surface area contributed by atoms with Gasteiger partial charge in [0.2, 0.25) is 5.91 Å². The number of amides is 1. The van der Waals surface area contributed by atoms with Crippen molar-refractivity contribution in [3.05, 3.63) is 29.6 Å². The number of hydrogen-bond acceptors (Lipinski definition) is 3. The highest BCUT2D eigenvalue weighted by Crippen LogP contribution is 2.26. The van der Waals surface area contributed by atoms with Gasteiger partial charge in [0.1, 0.15) is 11.6 Å². The predicted octanol–water partition coefficient (Wildman–Crippen LogP) is 2.81. The molecule has 1 aromatic carbocycles. The average Bonchev–Trinajstić information content (AvgIpc) is 2.36. The Labute approximate surface area is 131 Å². The minimum Gasteiger partial charge on any atom is -0.496 e. The summed E-state index contributed by atoms with van der Waals surface area (Å²) in [6, 6.07) is 3.19. The maximum atomic E-state index is 13.3. The molecule has 0 bridgehead atoms. The Morgan fingerprint density at radius 3 is 2.43 bits per heavy atom. The van der Waals surface area contributed by atoms with Gasteiger partial charge in [-0.1, -0.05) is 20.8 Å². The maximum absolute atomic E-state index is 13.3. The average molecular weight is 319 g/mol. The van der Waals surface area contributed by atoms with E-state index in [1.54, 1.807) is 6.92 Å². The second-order valence-electron chi connectivity index (χ2n) is 5.96. The van der Waals surface area contributed by atoms with Gasteiger partial charge in [0.25, 0.3) is 0 Å². The highest BCUT2D eigenvalue weighted by molar-refractivity contribution is 5.85. The molecule has 120 valence electrons. The van der Waals surface area contributed by atoms with Crippen molar-refractivity contribution in [2.24, 2.45) is 11.1 Å². The highest BCUT2D eigenvalue weighted by Gasteiger charge is 2.28. The van der Waals surface area contributed by atoms with Crippen LogP contribution in [0.4, 0.5) is 4.39 Å². The molecule has 0 fully saturated rings. The first kappa shape index (κ1) is 19.7. The van der Waals surface area contributed by atoms with Crippen LogP contribution in [-0.4, -0.2) is 19.1 Å². The van der Waals surface area contributed by atoms with Gasteiger partial charge < -0.3 is 15.8 Å². The summed E-state index contributed by atoms with van der Waals surface area (Å²) in [7, 11) is 1.51. The van der Waals surface area contributed by atoms with Crippen LogP contribution in [0.25, 0.3) is 0 Å². The lowest BCUT2D eigenvalue weighted by Crippen LogP contribution is -2.49. The Balaban J connectivity index is 0.00000400. The molecule has 0 saturated heterocycles. The first-order chi connectivity index (χ1) is 9.16. The second-order valence-corrected chi connectivity index (χ2v) is 5.96. The zero-order valence-corrected chi connectivity index (χ0v) is 13.9. The number of rotatable bonds is 4. The number of methoxy groups -OCH3 is 1. The molecule has 0 aliphatic heterocycles. The normalized spacial score (nSPS) is 13.9. The molecule has 0 saturated carbocycles. The van der Waals surface area contributed by atoms with Gasteiger partial charge in [0, 0.05) is 5.56 Å². The Kier molecular flexibility index (Phi) is 7.13. The first-order valence-corrected chi connectivity index (χ1v) is 6.56. The van der Waals surface area contributed by atoms with Crippen molar-refractivity contribution < 1.29 is 13.9 Å². The quantitative estimate of drug-likeness (QED) is 0.897. The van der Waals surface area contributed by atoms with E-state index >= 15 is 0 Å². The molecule has 0 heterocycles. The van der Waals surface area contributed by atoms with Crippen molar-refractivity contribution in [1.29, 1.82) is 0 Å². The van der Waals surface area contributed by atoms with Crippen LogP contribution in [0.3, 0.4) is 0 Å². The number of ether oxygens (including phenoxy) is 1. The van der Waals surface area contributed by atoms with Gasteiger partial charge >= 0.3 is 0 Å². The van der Waals surface area contributed by atoms with Crippen LogP contribution < -0.4 is 15.8 Å². The number of nitrogens with two attached hydrogens (primary N) is 1. The summed E-state index contributed by atoms with van der Waals surface area (Å²) in [6.07, 6.45) is 0. The molecule has 1 rings (SSSR count). The lowest BCUT2D eigenvalue weighted by molar-refractivity contribution is -0.125. The maximum Gasteiger partial charge on any atom is 0.237 e. The summed E-state index contributed by atoms with van der Waals surface area (Å²) >= 11 is 0. The van der Waals surface area contributed by atoms with E-state index in [9.17, 15) is 9.18 Å². The van der Waals surface area contributed by atoms with Crippen molar-refractivity contribution in [2.45, 2.75) is 39.8 Å². The molecule has 0 aliphatic rings. The van der Waals surface area contributed by atoms with E-state index in [0.717, 1.165) is 0 Å². The number of carbonyl (C=O) groups excluding carboxylic acids is 1. The topological polar surface area (TPSA) is 64.3 Å². The fraction of sp³-hybridized carbons (Fsp3) is 0.533. The van der Waals surface area contributed by atoms with Crippen LogP contribution in [0, 0.1) is 11.2 Å². The van der Waals surface area contributed by atoms with Crippen molar-refractivity contribution in [3.63, 3.8) is 0 Å². The number of halogens is 2. The molecule has 0 aromatic heterocycles. The molecular formula is C15H24ClFN2O2.